The van der Waals surface area contributed by atoms with E-state index in [9.17, 15) is 18.0 Å². The van der Waals surface area contributed by atoms with Gasteiger partial charge in [-0.1, -0.05) is 59.6 Å². The number of sulfonamides is 1. The lowest BCUT2D eigenvalue weighted by Crippen LogP contribution is -2.40. The summed E-state index contributed by atoms with van der Waals surface area (Å²) in [6.45, 7) is 4.05. The number of ketones is 1. The quantitative estimate of drug-likeness (QED) is 0.404. The van der Waals surface area contributed by atoms with Crippen LogP contribution in [-0.2, 0) is 14.8 Å². The van der Waals surface area contributed by atoms with Crippen LogP contribution in [0.4, 0.5) is 0 Å². The monoisotopic (exact) mass is 450 g/mol. The molecule has 164 valence electrons. The van der Waals surface area contributed by atoms with Gasteiger partial charge >= 0.3 is 0 Å². The van der Waals surface area contributed by atoms with Crippen molar-refractivity contribution in [3.8, 4) is 12.3 Å². The average Bonchev–Trinajstić information content (AvgIpc) is 3.15. The molecule has 3 rings (SSSR count). The summed E-state index contributed by atoms with van der Waals surface area (Å²) in [5.74, 6) is 0.517. The average molecular weight is 451 g/mol. The Hall–Kier alpha value is -3.70. The number of benzene rings is 2. The van der Waals surface area contributed by atoms with Gasteiger partial charge in [0.05, 0.1) is 12.5 Å². The molecule has 0 aliphatic carbocycles. The molecule has 0 saturated carbocycles. The zero-order valence-corrected chi connectivity index (χ0v) is 18.7. The molecule has 32 heavy (non-hydrogen) atoms. The van der Waals surface area contributed by atoms with Crippen molar-refractivity contribution in [3.63, 3.8) is 0 Å². The SMILES string of the molecule is C#CCN(C(=O)C(C)c1cccc(C(=O)c2ccccc2)c1)S(=O)(=O)c1c(C)noc1C. The predicted molar refractivity (Wildman–Crippen MR) is 118 cm³/mol. The summed E-state index contributed by atoms with van der Waals surface area (Å²) >= 11 is 0. The molecule has 0 N–H and O–H groups in total. The van der Waals surface area contributed by atoms with E-state index in [4.69, 9.17) is 10.9 Å². The highest BCUT2D eigenvalue weighted by Gasteiger charge is 2.36. The minimum atomic E-state index is -4.28. The summed E-state index contributed by atoms with van der Waals surface area (Å²) in [5.41, 5.74) is 1.54. The van der Waals surface area contributed by atoms with E-state index in [-0.39, 0.29) is 22.1 Å². The molecule has 0 aliphatic rings. The Balaban J connectivity index is 1.96. The zero-order valence-electron chi connectivity index (χ0n) is 17.9. The topological polar surface area (TPSA) is 97.6 Å². The van der Waals surface area contributed by atoms with Crippen molar-refractivity contribution in [3.05, 3.63) is 82.7 Å². The number of amides is 1. The van der Waals surface area contributed by atoms with Crippen molar-refractivity contribution in [2.45, 2.75) is 31.6 Å². The maximum atomic E-state index is 13.3. The van der Waals surface area contributed by atoms with Crippen LogP contribution in [0.25, 0.3) is 0 Å². The third-order valence-electron chi connectivity index (χ3n) is 5.05. The fourth-order valence-corrected chi connectivity index (χ4v) is 5.05. The molecule has 1 aromatic heterocycles. The molecular formula is C24H22N2O5S. The van der Waals surface area contributed by atoms with Crippen LogP contribution in [0.2, 0.25) is 0 Å². The first kappa shape index (κ1) is 23.0. The smallest absolute Gasteiger partial charge is 0.272 e. The summed E-state index contributed by atoms with van der Waals surface area (Å²) in [5, 5.41) is 3.67. The van der Waals surface area contributed by atoms with Gasteiger partial charge in [0.1, 0.15) is 5.69 Å². The molecule has 0 spiro atoms. The van der Waals surface area contributed by atoms with Crippen molar-refractivity contribution < 1.29 is 22.5 Å². The van der Waals surface area contributed by atoms with Gasteiger partial charge in [-0.2, -0.15) is 0 Å². The number of carbonyl (C=O) groups excluding carboxylic acids is 2. The van der Waals surface area contributed by atoms with Gasteiger partial charge in [0.2, 0.25) is 5.91 Å². The van der Waals surface area contributed by atoms with Crippen LogP contribution in [-0.4, -0.2) is 36.1 Å². The number of aromatic nitrogens is 1. The van der Waals surface area contributed by atoms with Crippen molar-refractivity contribution in [1.82, 2.24) is 9.46 Å². The van der Waals surface area contributed by atoms with Crippen LogP contribution >= 0.6 is 0 Å². The molecule has 1 heterocycles. The van der Waals surface area contributed by atoms with E-state index in [1.54, 1.807) is 55.5 Å². The second-order valence-corrected chi connectivity index (χ2v) is 9.05. The Morgan fingerprint density at radius 3 is 2.34 bits per heavy atom. The van der Waals surface area contributed by atoms with Crippen LogP contribution in [0.5, 0.6) is 0 Å². The molecule has 0 aliphatic heterocycles. The number of aryl methyl sites for hydroxylation is 2. The number of hydrogen-bond donors (Lipinski definition) is 0. The molecule has 1 amide bonds. The van der Waals surface area contributed by atoms with Gasteiger partial charge in [0, 0.05) is 11.1 Å². The highest BCUT2D eigenvalue weighted by Crippen LogP contribution is 2.27. The van der Waals surface area contributed by atoms with E-state index < -0.39 is 28.4 Å². The molecule has 0 saturated heterocycles. The first-order valence-corrected chi connectivity index (χ1v) is 11.2. The van der Waals surface area contributed by atoms with E-state index in [2.05, 4.69) is 11.1 Å². The van der Waals surface area contributed by atoms with Gasteiger partial charge in [-0.05, 0) is 32.4 Å². The van der Waals surface area contributed by atoms with Gasteiger partial charge in [-0.15, -0.1) is 6.42 Å². The standard InChI is InChI=1S/C24H22N2O5S/c1-5-14-26(32(29,30)23-17(3)25-31-18(23)4)24(28)16(2)20-12-9-13-21(15-20)22(27)19-10-7-6-8-11-19/h1,6-13,15-16H,14H2,2-4H3. The van der Waals surface area contributed by atoms with Crippen molar-refractivity contribution in [2.75, 3.05) is 6.54 Å². The maximum absolute atomic E-state index is 13.3. The van der Waals surface area contributed by atoms with Crippen molar-refractivity contribution in [1.29, 1.82) is 0 Å². The molecule has 0 fully saturated rings. The molecule has 0 radical (unpaired) electrons. The van der Waals surface area contributed by atoms with Gasteiger partial charge in [-0.25, -0.2) is 12.7 Å². The fraction of sp³-hybridized carbons (Fsp3) is 0.208. The van der Waals surface area contributed by atoms with Crippen LogP contribution in [0.15, 0.2) is 64.0 Å². The Bertz CT molecular complexity index is 1280. The van der Waals surface area contributed by atoms with E-state index in [1.165, 1.54) is 13.8 Å². The van der Waals surface area contributed by atoms with Gasteiger partial charge < -0.3 is 4.52 Å². The second kappa shape index (κ2) is 9.20. The fourth-order valence-electron chi connectivity index (χ4n) is 3.38. The number of nitrogens with zero attached hydrogens (tertiary/aromatic N) is 2. The molecule has 3 aromatic rings. The lowest BCUT2D eigenvalue weighted by Gasteiger charge is -2.24. The van der Waals surface area contributed by atoms with Crippen LogP contribution in [0.1, 0.15) is 45.8 Å². The highest BCUT2D eigenvalue weighted by atomic mass is 32.2. The predicted octanol–water partition coefficient (Wildman–Crippen LogP) is 3.48. The normalized spacial score (nSPS) is 12.1. The molecule has 1 atom stereocenters. The largest absolute Gasteiger partial charge is 0.360 e. The Morgan fingerprint density at radius 1 is 1.09 bits per heavy atom. The molecule has 0 bridgehead atoms. The second-order valence-electron chi connectivity index (χ2n) is 7.25. The van der Waals surface area contributed by atoms with Crippen molar-refractivity contribution in [2.24, 2.45) is 0 Å². The lowest BCUT2D eigenvalue weighted by molar-refractivity contribution is -0.127. The number of rotatable bonds is 7. The zero-order chi connectivity index (χ0) is 23.5. The third kappa shape index (κ3) is 4.34. The van der Waals surface area contributed by atoms with Crippen molar-refractivity contribution >= 4 is 21.7 Å². The third-order valence-corrected chi connectivity index (χ3v) is 7.04. The minimum absolute atomic E-state index is 0.0698. The highest BCUT2D eigenvalue weighted by molar-refractivity contribution is 7.89. The van der Waals surface area contributed by atoms with Gasteiger partial charge in [0.15, 0.2) is 16.4 Å². The van der Waals surface area contributed by atoms with E-state index >= 15 is 0 Å². The van der Waals surface area contributed by atoms with Crippen LogP contribution in [0, 0.1) is 26.2 Å². The Morgan fingerprint density at radius 2 is 1.75 bits per heavy atom. The summed E-state index contributed by atoms with van der Waals surface area (Å²) < 4.78 is 32.0. The molecular weight excluding hydrogens is 428 g/mol. The first-order chi connectivity index (χ1) is 15.2. The van der Waals surface area contributed by atoms with E-state index in [1.807, 2.05) is 6.07 Å². The number of hydrogen-bond acceptors (Lipinski definition) is 6. The van der Waals surface area contributed by atoms with E-state index in [0.29, 0.717) is 21.0 Å². The van der Waals surface area contributed by atoms with Crippen LogP contribution < -0.4 is 0 Å². The Labute approximate surface area is 187 Å². The van der Waals surface area contributed by atoms with Crippen LogP contribution in [0.3, 0.4) is 0 Å². The number of carbonyl (C=O) groups is 2. The summed E-state index contributed by atoms with van der Waals surface area (Å²) in [6.07, 6.45) is 5.37. The summed E-state index contributed by atoms with van der Waals surface area (Å²) in [4.78, 5) is 25.9. The molecule has 2 aromatic carbocycles. The molecule has 7 nitrogen and oxygen atoms in total. The molecule has 8 heteroatoms. The minimum Gasteiger partial charge on any atom is -0.360 e. The van der Waals surface area contributed by atoms with E-state index in [0.717, 1.165) is 0 Å². The lowest BCUT2D eigenvalue weighted by atomic mass is 9.95. The Kier molecular flexibility index (Phi) is 6.61. The van der Waals surface area contributed by atoms with Gasteiger partial charge in [0.25, 0.3) is 10.0 Å². The summed E-state index contributed by atoms with van der Waals surface area (Å²) in [7, 11) is -4.28. The van der Waals surface area contributed by atoms with Gasteiger partial charge in [-0.3, -0.25) is 9.59 Å². The molecule has 1 unspecified atom stereocenters. The maximum Gasteiger partial charge on any atom is 0.272 e. The first-order valence-electron chi connectivity index (χ1n) is 9.81. The summed E-state index contributed by atoms with van der Waals surface area (Å²) in [6, 6.07) is 15.3. The number of terminal acetylenes is 1.